The van der Waals surface area contributed by atoms with E-state index >= 15 is 0 Å². The standard InChI is InChI=1S/C9H14N4OS/c1-6(14)12-7-2-3-13(5-7)9-11-4-8(10)15-9/h4,7H,2-3,5,10H2,1H3,(H,12,14). The summed E-state index contributed by atoms with van der Waals surface area (Å²) in [4.78, 5) is 17.3. The Kier molecular flexibility index (Phi) is 2.77. The highest BCUT2D eigenvalue weighted by atomic mass is 32.1. The second-order valence-electron chi connectivity index (χ2n) is 3.68. The lowest BCUT2D eigenvalue weighted by molar-refractivity contribution is -0.119. The van der Waals surface area contributed by atoms with E-state index in [0.717, 1.165) is 29.6 Å². The van der Waals surface area contributed by atoms with E-state index in [2.05, 4.69) is 15.2 Å². The molecule has 0 aliphatic carbocycles. The number of aromatic nitrogens is 1. The van der Waals surface area contributed by atoms with Gasteiger partial charge in [-0.05, 0) is 6.42 Å². The highest BCUT2D eigenvalue weighted by molar-refractivity contribution is 7.19. The van der Waals surface area contributed by atoms with Crippen LogP contribution in [0.4, 0.5) is 10.1 Å². The number of carbonyl (C=O) groups is 1. The Morgan fingerprint density at radius 2 is 2.60 bits per heavy atom. The number of anilines is 2. The molecule has 15 heavy (non-hydrogen) atoms. The molecule has 6 heteroatoms. The van der Waals surface area contributed by atoms with E-state index in [-0.39, 0.29) is 11.9 Å². The van der Waals surface area contributed by atoms with Crippen LogP contribution in [0.3, 0.4) is 0 Å². The van der Waals surface area contributed by atoms with Crippen LogP contribution in [-0.2, 0) is 4.79 Å². The highest BCUT2D eigenvalue weighted by Crippen LogP contribution is 2.26. The van der Waals surface area contributed by atoms with E-state index in [9.17, 15) is 4.79 Å². The van der Waals surface area contributed by atoms with Gasteiger partial charge < -0.3 is 16.0 Å². The minimum absolute atomic E-state index is 0.0282. The molecule has 1 aliphatic rings. The van der Waals surface area contributed by atoms with E-state index in [1.54, 1.807) is 13.1 Å². The summed E-state index contributed by atoms with van der Waals surface area (Å²) in [6, 6.07) is 0.243. The van der Waals surface area contributed by atoms with Crippen molar-refractivity contribution in [2.75, 3.05) is 23.7 Å². The normalized spacial score (nSPS) is 20.6. The molecule has 3 N–H and O–H groups in total. The molecule has 1 aromatic heterocycles. The van der Waals surface area contributed by atoms with Crippen LogP contribution in [-0.4, -0.2) is 30.0 Å². The number of nitrogens with zero attached hydrogens (tertiary/aromatic N) is 2. The number of nitrogens with one attached hydrogen (secondary N) is 1. The van der Waals surface area contributed by atoms with Crippen LogP contribution in [0.2, 0.25) is 0 Å². The SMILES string of the molecule is CC(=O)NC1CCN(c2ncc(N)s2)C1. The van der Waals surface area contributed by atoms with Gasteiger partial charge in [0.15, 0.2) is 5.13 Å². The van der Waals surface area contributed by atoms with Gasteiger partial charge in [-0.2, -0.15) is 0 Å². The smallest absolute Gasteiger partial charge is 0.217 e. The third kappa shape index (κ3) is 2.38. The third-order valence-electron chi connectivity index (χ3n) is 2.38. The molecule has 0 bridgehead atoms. The van der Waals surface area contributed by atoms with Gasteiger partial charge in [0.05, 0.1) is 6.20 Å². The number of thiazole rings is 1. The van der Waals surface area contributed by atoms with Crippen molar-refractivity contribution in [3.63, 3.8) is 0 Å². The van der Waals surface area contributed by atoms with Crippen molar-refractivity contribution in [1.29, 1.82) is 0 Å². The maximum absolute atomic E-state index is 10.9. The van der Waals surface area contributed by atoms with Gasteiger partial charge in [0.2, 0.25) is 5.91 Å². The van der Waals surface area contributed by atoms with Crippen molar-refractivity contribution < 1.29 is 4.79 Å². The van der Waals surface area contributed by atoms with E-state index in [1.165, 1.54) is 11.3 Å². The summed E-state index contributed by atoms with van der Waals surface area (Å²) in [7, 11) is 0. The molecule has 5 nitrogen and oxygen atoms in total. The van der Waals surface area contributed by atoms with Gasteiger partial charge in [-0.1, -0.05) is 11.3 Å². The van der Waals surface area contributed by atoms with Crippen molar-refractivity contribution >= 4 is 27.4 Å². The van der Waals surface area contributed by atoms with Gasteiger partial charge in [-0.15, -0.1) is 0 Å². The van der Waals surface area contributed by atoms with Crippen LogP contribution in [0.25, 0.3) is 0 Å². The summed E-state index contributed by atoms with van der Waals surface area (Å²) in [6.45, 7) is 3.30. The van der Waals surface area contributed by atoms with Crippen LogP contribution in [0, 0.1) is 0 Å². The number of hydrogen-bond acceptors (Lipinski definition) is 5. The zero-order valence-electron chi connectivity index (χ0n) is 8.56. The first-order valence-corrected chi connectivity index (χ1v) is 5.70. The van der Waals surface area contributed by atoms with Crippen LogP contribution in [0.1, 0.15) is 13.3 Å². The average Bonchev–Trinajstić information content (AvgIpc) is 2.72. The predicted octanol–water partition coefficient (Wildman–Crippen LogP) is 0.440. The fourth-order valence-corrected chi connectivity index (χ4v) is 2.48. The molecule has 0 saturated carbocycles. The number of carbonyl (C=O) groups excluding carboxylic acids is 1. The molecule has 2 rings (SSSR count). The molecule has 0 spiro atoms. The third-order valence-corrected chi connectivity index (χ3v) is 3.26. The second kappa shape index (κ2) is 4.06. The van der Waals surface area contributed by atoms with Crippen LogP contribution < -0.4 is 16.0 Å². The van der Waals surface area contributed by atoms with Crippen molar-refractivity contribution in [3.05, 3.63) is 6.20 Å². The molecule has 1 aliphatic heterocycles. The van der Waals surface area contributed by atoms with Gasteiger partial charge in [0, 0.05) is 26.1 Å². The molecule has 1 atom stereocenters. The fraction of sp³-hybridized carbons (Fsp3) is 0.556. The molecule has 1 fully saturated rings. The Balaban J connectivity index is 1.95. The summed E-state index contributed by atoms with van der Waals surface area (Å²) in [5, 5.41) is 4.59. The molecule has 0 radical (unpaired) electrons. The van der Waals surface area contributed by atoms with Gasteiger partial charge in [0.1, 0.15) is 5.00 Å². The first-order chi connectivity index (χ1) is 7.15. The number of rotatable bonds is 2. The topological polar surface area (TPSA) is 71.2 Å². The van der Waals surface area contributed by atoms with E-state index < -0.39 is 0 Å². The lowest BCUT2D eigenvalue weighted by Gasteiger charge is -2.14. The summed E-state index contributed by atoms with van der Waals surface area (Å²) < 4.78 is 0. The van der Waals surface area contributed by atoms with Crippen molar-refractivity contribution in [2.45, 2.75) is 19.4 Å². The highest BCUT2D eigenvalue weighted by Gasteiger charge is 2.24. The minimum Gasteiger partial charge on any atom is -0.389 e. The quantitative estimate of drug-likeness (QED) is 0.767. The molecule has 1 unspecified atom stereocenters. The van der Waals surface area contributed by atoms with E-state index in [1.807, 2.05) is 0 Å². The number of amides is 1. The molecular formula is C9H14N4OS. The summed E-state index contributed by atoms with van der Waals surface area (Å²) in [6.07, 6.45) is 2.64. The first kappa shape index (κ1) is 10.2. The van der Waals surface area contributed by atoms with Crippen LogP contribution >= 0.6 is 11.3 Å². The first-order valence-electron chi connectivity index (χ1n) is 4.88. The maximum Gasteiger partial charge on any atom is 0.217 e. The van der Waals surface area contributed by atoms with Gasteiger partial charge >= 0.3 is 0 Å². The Bertz CT molecular complexity index is 365. The molecule has 0 aromatic carbocycles. The van der Waals surface area contributed by atoms with Crippen LogP contribution in [0.15, 0.2) is 6.20 Å². The van der Waals surface area contributed by atoms with Crippen molar-refractivity contribution in [3.8, 4) is 0 Å². The molecular weight excluding hydrogens is 212 g/mol. The lowest BCUT2D eigenvalue weighted by atomic mass is 10.3. The molecule has 1 amide bonds. The van der Waals surface area contributed by atoms with Gasteiger partial charge in [-0.3, -0.25) is 4.79 Å². The average molecular weight is 226 g/mol. The number of nitrogens with two attached hydrogens (primary N) is 1. The van der Waals surface area contributed by atoms with Crippen molar-refractivity contribution in [1.82, 2.24) is 10.3 Å². The summed E-state index contributed by atoms with van der Waals surface area (Å²) >= 11 is 1.49. The molecule has 2 heterocycles. The van der Waals surface area contributed by atoms with Crippen LogP contribution in [0.5, 0.6) is 0 Å². The maximum atomic E-state index is 10.9. The molecule has 1 saturated heterocycles. The largest absolute Gasteiger partial charge is 0.389 e. The Morgan fingerprint density at radius 3 is 3.20 bits per heavy atom. The van der Waals surface area contributed by atoms with E-state index in [4.69, 9.17) is 5.73 Å². The Morgan fingerprint density at radius 1 is 1.80 bits per heavy atom. The lowest BCUT2D eigenvalue weighted by Crippen LogP contribution is -2.35. The Hall–Kier alpha value is -1.30. The molecule has 82 valence electrons. The second-order valence-corrected chi connectivity index (χ2v) is 4.72. The number of nitrogen functional groups attached to an aromatic ring is 1. The monoisotopic (exact) mass is 226 g/mol. The van der Waals surface area contributed by atoms with Gasteiger partial charge in [0.25, 0.3) is 0 Å². The Labute approximate surface area is 92.3 Å². The minimum atomic E-state index is 0.0282. The fourth-order valence-electron chi connectivity index (χ4n) is 1.76. The zero-order valence-corrected chi connectivity index (χ0v) is 9.38. The predicted molar refractivity (Wildman–Crippen MR) is 61.0 cm³/mol. The zero-order chi connectivity index (χ0) is 10.8. The summed E-state index contributed by atoms with van der Waals surface area (Å²) in [5.74, 6) is 0.0282. The summed E-state index contributed by atoms with van der Waals surface area (Å²) in [5.41, 5.74) is 5.62. The number of hydrogen-bond donors (Lipinski definition) is 2. The molecule has 1 aromatic rings. The van der Waals surface area contributed by atoms with Crippen molar-refractivity contribution in [2.24, 2.45) is 0 Å². The van der Waals surface area contributed by atoms with E-state index in [0.29, 0.717) is 0 Å². The van der Waals surface area contributed by atoms with Gasteiger partial charge in [-0.25, -0.2) is 4.98 Å².